The molecule has 0 bridgehead atoms. The highest BCUT2D eigenvalue weighted by molar-refractivity contribution is 7.90. The number of benzene rings is 3. The van der Waals surface area contributed by atoms with E-state index in [-0.39, 0.29) is 11.9 Å². The Kier molecular flexibility index (Phi) is 5.91. The van der Waals surface area contributed by atoms with Gasteiger partial charge in [-0.15, -0.1) is 0 Å². The lowest BCUT2D eigenvalue weighted by Crippen LogP contribution is -2.30. The molecule has 29 heavy (non-hydrogen) atoms. The van der Waals surface area contributed by atoms with Crippen molar-refractivity contribution in [2.24, 2.45) is 0 Å². The van der Waals surface area contributed by atoms with Crippen LogP contribution in [0.15, 0.2) is 60.7 Å². The maximum Gasteiger partial charge on any atom is 0.301 e. The Hall–Kier alpha value is -2.90. The van der Waals surface area contributed by atoms with Crippen molar-refractivity contribution in [1.82, 2.24) is 9.62 Å². The molecule has 6 nitrogen and oxygen atoms in total. The number of fused-ring (bicyclic) bond motifs is 1. The predicted octanol–water partition coefficient (Wildman–Crippen LogP) is 3.86. The van der Waals surface area contributed by atoms with Gasteiger partial charge in [0.1, 0.15) is 0 Å². The van der Waals surface area contributed by atoms with E-state index in [9.17, 15) is 13.2 Å². The highest BCUT2D eigenvalue weighted by atomic mass is 32.2. The van der Waals surface area contributed by atoms with Crippen LogP contribution in [0.1, 0.15) is 34.5 Å². The van der Waals surface area contributed by atoms with Gasteiger partial charge < -0.3 is 5.32 Å². The van der Waals surface area contributed by atoms with E-state index in [2.05, 4.69) is 10.0 Å². The Bertz CT molecular complexity index is 1150. The second kappa shape index (κ2) is 8.23. The molecule has 1 amide bonds. The van der Waals surface area contributed by atoms with Gasteiger partial charge in [-0.1, -0.05) is 48.5 Å². The van der Waals surface area contributed by atoms with Crippen LogP contribution in [0, 0.1) is 6.92 Å². The third-order valence-electron chi connectivity index (χ3n) is 4.85. The summed E-state index contributed by atoms with van der Waals surface area (Å²) in [7, 11) is -0.764. The lowest BCUT2D eigenvalue weighted by Gasteiger charge is -2.18. The number of rotatable bonds is 6. The van der Waals surface area contributed by atoms with Crippen molar-refractivity contribution in [3.63, 3.8) is 0 Å². The van der Waals surface area contributed by atoms with Crippen LogP contribution in [0.3, 0.4) is 0 Å². The molecule has 152 valence electrons. The molecule has 0 fully saturated rings. The number of anilines is 1. The fraction of sp³-hybridized carbons (Fsp3) is 0.227. The quantitative estimate of drug-likeness (QED) is 0.647. The molecular weight excluding hydrogens is 386 g/mol. The van der Waals surface area contributed by atoms with Gasteiger partial charge in [-0.05, 0) is 47.9 Å². The highest BCUT2D eigenvalue weighted by Crippen LogP contribution is 2.25. The van der Waals surface area contributed by atoms with Crippen molar-refractivity contribution < 1.29 is 13.2 Å². The minimum Gasteiger partial charge on any atom is -0.345 e. The SMILES string of the molecule is Cc1ccc(NS(=O)(=O)N(C)C)cc1C(=O)N[C@H](C)c1cccc2ccccc12. The van der Waals surface area contributed by atoms with E-state index in [0.717, 1.165) is 26.2 Å². The molecule has 0 aliphatic carbocycles. The maximum atomic E-state index is 12.9. The topological polar surface area (TPSA) is 78.5 Å². The number of amides is 1. The van der Waals surface area contributed by atoms with Crippen LogP contribution >= 0.6 is 0 Å². The second-order valence-electron chi connectivity index (χ2n) is 7.18. The highest BCUT2D eigenvalue weighted by Gasteiger charge is 2.18. The zero-order chi connectivity index (χ0) is 21.2. The zero-order valence-electron chi connectivity index (χ0n) is 16.9. The van der Waals surface area contributed by atoms with E-state index in [1.165, 1.54) is 14.1 Å². The molecule has 0 aliphatic heterocycles. The first kappa shape index (κ1) is 20.8. The predicted molar refractivity (Wildman–Crippen MR) is 117 cm³/mol. The lowest BCUT2D eigenvalue weighted by molar-refractivity contribution is 0.0939. The number of hydrogen-bond donors (Lipinski definition) is 2. The smallest absolute Gasteiger partial charge is 0.301 e. The van der Waals surface area contributed by atoms with Crippen molar-refractivity contribution >= 4 is 32.6 Å². The van der Waals surface area contributed by atoms with Crippen molar-refractivity contribution in [1.29, 1.82) is 0 Å². The van der Waals surface area contributed by atoms with Gasteiger partial charge >= 0.3 is 10.2 Å². The molecule has 1 atom stereocenters. The van der Waals surface area contributed by atoms with Gasteiger partial charge in [-0.3, -0.25) is 9.52 Å². The van der Waals surface area contributed by atoms with Gasteiger partial charge in [0, 0.05) is 19.7 Å². The monoisotopic (exact) mass is 411 g/mol. The number of nitrogens with zero attached hydrogens (tertiary/aromatic N) is 1. The molecule has 3 aromatic carbocycles. The average molecular weight is 412 g/mol. The van der Waals surface area contributed by atoms with Crippen molar-refractivity contribution in [3.8, 4) is 0 Å². The molecule has 0 radical (unpaired) electrons. The molecule has 3 rings (SSSR count). The molecule has 0 unspecified atom stereocenters. The molecule has 0 spiro atoms. The number of carbonyl (C=O) groups is 1. The van der Waals surface area contributed by atoms with Crippen molar-refractivity contribution in [2.45, 2.75) is 19.9 Å². The molecular formula is C22H25N3O3S. The summed E-state index contributed by atoms with van der Waals surface area (Å²) in [6.45, 7) is 3.76. The molecule has 0 aliphatic rings. The summed E-state index contributed by atoms with van der Waals surface area (Å²) in [5.41, 5.74) is 2.56. The Morgan fingerprint density at radius 2 is 1.69 bits per heavy atom. The van der Waals surface area contributed by atoms with E-state index in [4.69, 9.17) is 0 Å². The van der Waals surface area contributed by atoms with Crippen LogP contribution in [0.2, 0.25) is 0 Å². The van der Waals surface area contributed by atoms with Gasteiger partial charge in [0.25, 0.3) is 5.91 Å². The molecule has 0 saturated carbocycles. The Labute approximate surface area is 171 Å². The Morgan fingerprint density at radius 3 is 2.41 bits per heavy atom. The van der Waals surface area contributed by atoms with E-state index in [1.807, 2.05) is 56.3 Å². The van der Waals surface area contributed by atoms with Crippen LogP contribution in [0.25, 0.3) is 10.8 Å². The van der Waals surface area contributed by atoms with E-state index in [0.29, 0.717) is 11.3 Å². The minimum atomic E-state index is -3.65. The Balaban J connectivity index is 1.86. The number of carbonyl (C=O) groups excluding carboxylic acids is 1. The van der Waals surface area contributed by atoms with Gasteiger partial charge in [0.15, 0.2) is 0 Å². The molecule has 2 N–H and O–H groups in total. The summed E-state index contributed by atoms with van der Waals surface area (Å²) in [6.07, 6.45) is 0. The number of nitrogens with one attached hydrogen (secondary N) is 2. The van der Waals surface area contributed by atoms with Gasteiger partial charge in [0.05, 0.1) is 11.7 Å². The first-order valence-corrected chi connectivity index (χ1v) is 10.7. The fourth-order valence-corrected chi connectivity index (χ4v) is 3.76. The summed E-state index contributed by atoms with van der Waals surface area (Å²) in [4.78, 5) is 12.9. The Morgan fingerprint density at radius 1 is 1.00 bits per heavy atom. The minimum absolute atomic E-state index is 0.213. The summed E-state index contributed by atoms with van der Waals surface area (Å²) >= 11 is 0. The van der Waals surface area contributed by atoms with Crippen LogP contribution < -0.4 is 10.0 Å². The van der Waals surface area contributed by atoms with Crippen LogP contribution in [0.5, 0.6) is 0 Å². The second-order valence-corrected chi connectivity index (χ2v) is 9.07. The molecule has 3 aromatic rings. The first-order valence-electron chi connectivity index (χ1n) is 9.28. The fourth-order valence-electron chi connectivity index (χ4n) is 3.15. The van der Waals surface area contributed by atoms with Crippen LogP contribution in [-0.2, 0) is 10.2 Å². The average Bonchev–Trinajstić information content (AvgIpc) is 2.68. The van der Waals surface area contributed by atoms with Gasteiger partial charge in [0.2, 0.25) is 0 Å². The number of hydrogen-bond acceptors (Lipinski definition) is 3. The molecule has 0 aromatic heterocycles. The van der Waals surface area contributed by atoms with Crippen molar-refractivity contribution in [3.05, 3.63) is 77.4 Å². The molecule has 7 heteroatoms. The summed E-state index contributed by atoms with van der Waals surface area (Å²) < 4.78 is 27.7. The standard InChI is InChI=1S/C22H25N3O3S/c1-15-12-13-18(24-29(27,28)25(3)4)14-21(15)22(26)23-16(2)19-11-7-9-17-8-5-6-10-20(17)19/h5-14,16,24H,1-4H3,(H,23,26)/t16-/m1/s1. The van der Waals surface area contributed by atoms with E-state index >= 15 is 0 Å². The largest absolute Gasteiger partial charge is 0.345 e. The molecule has 0 heterocycles. The van der Waals surface area contributed by atoms with Crippen LogP contribution in [-0.4, -0.2) is 32.7 Å². The van der Waals surface area contributed by atoms with Gasteiger partial charge in [-0.25, -0.2) is 0 Å². The van der Waals surface area contributed by atoms with Crippen LogP contribution in [0.4, 0.5) is 5.69 Å². The molecule has 0 saturated heterocycles. The third-order valence-corrected chi connectivity index (χ3v) is 6.30. The normalized spacial score (nSPS) is 12.7. The summed E-state index contributed by atoms with van der Waals surface area (Å²) in [5, 5.41) is 5.23. The lowest BCUT2D eigenvalue weighted by atomic mass is 9.99. The summed E-state index contributed by atoms with van der Waals surface area (Å²) in [6, 6.07) is 18.8. The van der Waals surface area contributed by atoms with E-state index < -0.39 is 10.2 Å². The third kappa shape index (κ3) is 4.58. The van der Waals surface area contributed by atoms with E-state index in [1.54, 1.807) is 18.2 Å². The van der Waals surface area contributed by atoms with Crippen molar-refractivity contribution in [2.75, 3.05) is 18.8 Å². The number of aryl methyl sites for hydroxylation is 1. The maximum absolute atomic E-state index is 12.9. The zero-order valence-corrected chi connectivity index (χ0v) is 17.7. The van der Waals surface area contributed by atoms with Gasteiger partial charge in [-0.2, -0.15) is 12.7 Å². The first-order chi connectivity index (χ1) is 13.7. The summed E-state index contributed by atoms with van der Waals surface area (Å²) in [5.74, 6) is -0.256.